The highest BCUT2D eigenvalue weighted by Crippen LogP contribution is 2.29. The number of anilines is 1. The number of nitrogens with one attached hydrogen (secondary N) is 1. The van der Waals surface area contributed by atoms with Gasteiger partial charge in [-0.1, -0.05) is 0 Å². The van der Waals surface area contributed by atoms with Gasteiger partial charge in [-0.3, -0.25) is 4.68 Å². The Morgan fingerprint density at radius 1 is 1.12 bits per heavy atom. The number of benzene rings is 1. The van der Waals surface area contributed by atoms with Crippen LogP contribution in [0, 0.1) is 11.6 Å². The average Bonchev–Trinajstić information content (AvgIpc) is 3.14. The third-order valence-electron chi connectivity index (χ3n) is 3.72. The SMILES string of the molecule is Cn1cc(-c2cnc(N)c(-c3nc4c(F)cc(F)cc4[nH]3)c2)cn1. The second-order valence-electron chi connectivity index (χ2n) is 5.43. The summed E-state index contributed by atoms with van der Waals surface area (Å²) < 4.78 is 28.9. The molecule has 0 aliphatic heterocycles. The van der Waals surface area contributed by atoms with Gasteiger partial charge in [-0.15, -0.1) is 0 Å². The molecular weight excluding hydrogens is 314 g/mol. The van der Waals surface area contributed by atoms with Crippen LogP contribution in [-0.4, -0.2) is 24.7 Å². The Labute approximate surface area is 135 Å². The van der Waals surface area contributed by atoms with E-state index in [1.807, 2.05) is 13.2 Å². The number of rotatable bonds is 2. The zero-order chi connectivity index (χ0) is 16.8. The van der Waals surface area contributed by atoms with Crippen LogP contribution in [-0.2, 0) is 7.05 Å². The monoisotopic (exact) mass is 326 g/mol. The normalized spacial score (nSPS) is 11.3. The zero-order valence-corrected chi connectivity index (χ0v) is 12.6. The number of nitrogens with two attached hydrogens (primary N) is 1. The summed E-state index contributed by atoms with van der Waals surface area (Å²) in [5.41, 5.74) is 8.40. The molecule has 3 heterocycles. The highest BCUT2D eigenvalue weighted by molar-refractivity contribution is 5.83. The van der Waals surface area contributed by atoms with E-state index in [0.29, 0.717) is 11.4 Å². The van der Waals surface area contributed by atoms with Crippen LogP contribution in [0.1, 0.15) is 0 Å². The predicted octanol–water partition coefficient (Wildman–Crippen LogP) is 2.89. The van der Waals surface area contributed by atoms with Crippen molar-refractivity contribution >= 4 is 16.9 Å². The van der Waals surface area contributed by atoms with Crippen LogP contribution in [0.5, 0.6) is 0 Å². The van der Waals surface area contributed by atoms with Gasteiger partial charge >= 0.3 is 0 Å². The highest BCUT2D eigenvalue weighted by atomic mass is 19.1. The summed E-state index contributed by atoms with van der Waals surface area (Å²) in [5.74, 6) is -0.847. The van der Waals surface area contributed by atoms with Crippen LogP contribution in [0.4, 0.5) is 14.6 Å². The first-order valence-electron chi connectivity index (χ1n) is 7.11. The van der Waals surface area contributed by atoms with Gasteiger partial charge in [0.1, 0.15) is 23.0 Å². The molecule has 0 aliphatic rings. The van der Waals surface area contributed by atoms with Gasteiger partial charge in [-0.2, -0.15) is 5.10 Å². The van der Waals surface area contributed by atoms with E-state index >= 15 is 0 Å². The fraction of sp³-hybridized carbons (Fsp3) is 0.0625. The summed E-state index contributed by atoms with van der Waals surface area (Å²) in [6.45, 7) is 0. The van der Waals surface area contributed by atoms with Crippen LogP contribution in [0.2, 0.25) is 0 Å². The molecule has 24 heavy (non-hydrogen) atoms. The summed E-state index contributed by atoms with van der Waals surface area (Å²) in [4.78, 5) is 11.2. The molecule has 3 N–H and O–H groups in total. The van der Waals surface area contributed by atoms with Crippen molar-refractivity contribution in [3.05, 3.63) is 48.4 Å². The molecule has 0 atom stereocenters. The smallest absolute Gasteiger partial charge is 0.153 e. The number of hydrogen-bond acceptors (Lipinski definition) is 4. The fourth-order valence-electron chi connectivity index (χ4n) is 2.56. The zero-order valence-electron chi connectivity index (χ0n) is 12.6. The van der Waals surface area contributed by atoms with E-state index < -0.39 is 11.6 Å². The number of fused-ring (bicyclic) bond motifs is 1. The van der Waals surface area contributed by atoms with Gasteiger partial charge in [-0.05, 0) is 12.1 Å². The Kier molecular flexibility index (Phi) is 3.05. The Bertz CT molecular complexity index is 1070. The van der Waals surface area contributed by atoms with Crippen LogP contribution in [0.15, 0.2) is 36.8 Å². The molecule has 0 aliphatic carbocycles. The van der Waals surface area contributed by atoms with Gasteiger partial charge < -0.3 is 10.7 Å². The van der Waals surface area contributed by atoms with Gasteiger partial charge in [0.05, 0.1) is 17.3 Å². The van der Waals surface area contributed by atoms with Crippen molar-refractivity contribution in [3.63, 3.8) is 0 Å². The third-order valence-corrected chi connectivity index (χ3v) is 3.72. The molecule has 8 heteroatoms. The first kappa shape index (κ1) is 14.3. The molecule has 0 saturated carbocycles. The van der Waals surface area contributed by atoms with Crippen LogP contribution in [0.3, 0.4) is 0 Å². The van der Waals surface area contributed by atoms with Gasteiger partial charge in [-0.25, -0.2) is 18.7 Å². The molecule has 120 valence electrons. The number of nitrogens with zero attached hydrogens (tertiary/aromatic N) is 4. The summed E-state index contributed by atoms with van der Waals surface area (Å²) in [5, 5.41) is 4.12. The number of hydrogen-bond donors (Lipinski definition) is 2. The van der Waals surface area contributed by atoms with Gasteiger partial charge in [0, 0.05) is 36.6 Å². The molecule has 0 saturated heterocycles. The predicted molar refractivity (Wildman–Crippen MR) is 85.9 cm³/mol. The van der Waals surface area contributed by atoms with Crippen LogP contribution in [0.25, 0.3) is 33.5 Å². The number of aromatic nitrogens is 5. The van der Waals surface area contributed by atoms with E-state index in [9.17, 15) is 8.78 Å². The number of pyridine rings is 1. The molecule has 0 fully saturated rings. The maximum absolute atomic E-state index is 13.8. The average molecular weight is 326 g/mol. The van der Waals surface area contributed by atoms with Crippen molar-refractivity contribution in [2.24, 2.45) is 7.05 Å². The lowest BCUT2D eigenvalue weighted by molar-refractivity contribution is 0.591. The van der Waals surface area contributed by atoms with Crippen molar-refractivity contribution in [1.82, 2.24) is 24.7 Å². The number of aryl methyl sites for hydroxylation is 1. The van der Waals surface area contributed by atoms with Crippen LogP contribution >= 0.6 is 0 Å². The molecule has 0 amide bonds. The van der Waals surface area contributed by atoms with Crippen molar-refractivity contribution < 1.29 is 8.78 Å². The standard InChI is InChI=1S/C16H12F2N6/c1-24-7-9(6-21-24)8-2-11(15(19)20-5-8)16-22-13-4-10(17)3-12(18)14(13)23-16/h2-7H,1H3,(H2,19,20)(H,22,23). The lowest BCUT2D eigenvalue weighted by atomic mass is 10.1. The van der Waals surface area contributed by atoms with Crippen LogP contribution < -0.4 is 5.73 Å². The summed E-state index contributed by atoms with van der Waals surface area (Å²) in [6.07, 6.45) is 5.16. The number of H-pyrrole nitrogens is 1. The van der Waals surface area contributed by atoms with E-state index in [1.54, 1.807) is 23.1 Å². The van der Waals surface area contributed by atoms with E-state index in [2.05, 4.69) is 20.1 Å². The summed E-state index contributed by atoms with van der Waals surface area (Å²) in [6, 6.07) is 3.76. The van der Waals surface area contributed by atoms with E-state index in [1.165, 1.54) is 6.07 Å². The molecule has 4 aromatic rings. The quantitative estimate of drug-likeness (QED) is 0.593. The van der Waals surface area contributed by atoms with Crippen molar-refractivity contribution in [3.8, 4) is 22.5 Å². The Balaban J connectivity index is 1.88. The second kappa shape index (κ2) is 5.12. The Hall–Kier alpha value is -3.29. The largest absolute Gasteiger partial charge is 0.383 e. The first-order valence-corrected chi connectivity index (χ1v) is 7.11. The molecule has 6 nitrogen and oxygen atoms in total. The lowest BCUT2D eigenvalue weighted by Gasteiger charge is -2.04. The number of aromatic amines is 1. The van der Waals surface area contributed by atoms with Crippen molar-refractivity contribution in [1.29, 1.82) is 0 Å². The Morgan fingerprint density at radius 3 is 2.71 bits per heavy atom. The van der Waals surface area contributed by atoms with E-state index in [0.717, 1.165) is 17.2 Å². The maximum Gasteiger partial charge on any atom is 0.153 e. The Morgan fingerprint density at radius 2 is 1.96 bits per heavy atom. The second-order valence-corrected chi connectivity index (χ2v) is 5.43. The minimum absolute atomic E-state index is 0.0533. The maximum atomic E-state index is 13.8. The molecule has 3 aromatic heterocycles. The third kappa shape index (κ3) is 2.28. The molecule has 0 spiro atoms. The fourth-order valence-corrected chi connectivity index (χ4v) is 2.56. The number of imidazole rings is 1. The topological polar surface area (TPSA) is 85.4 Å². The molecule has 0 bridgehead atoms. The van der Waals surface area contributed by atoms with E-state index in [-0.39, 0.29) is 16.9 Å². The van der Waals surface area contributed by atoms with Gasteiger partial charge in [0.15, 0.2) is 5.82 Å². The number of halogens is 2. The first-order chi connectivity index (χ1) is 11.5. The highest BCUT2D eigenvalue weighted by Gasteiger charge is 2.15. The van der Waals surface area contributed by atoms with E-state index in [4.69, 9.17) is 5.73 Å². The molecule has 1 aromatic carbocycles. The van der Waals surface area contributed by atoms with Gasteiger partial charge in [0.2, 0.25) is 0 Å². The lowest BCUT2D eigenvalue weighted by Crippen LogP contribution is -1.96. The molecule has 4 rings (SSSR count). The minimum atomic E-state index is -0.734. The summed E-state index contributed by atoms with van der Waals surface area (Å²) in [7, 11) is 1.81. The minimum Gasteiger partial charge on any atom is -0.383 e. The molecule has 0 radical (unpaired) electrons. The van der Waals surface area contributed by atoms with Crippen molar-refractivity contribution in [2.45, 2.75) is 0 Å². The molecular formula is C16H12F2N6. The molecule has 0 unspecified atom stereocenters. The summed E-state index contributed by atoms with van der Waals surface area (Å²) >= 11 is 0. The van der Waals surface area contributed by atoms with Crippen molar-refractivity contribution in [2.75, 3.05) is 5.73 Å². The van der Waals surface area contributed by atoms with Gasteiger partial charge in [0.25, 0.3) is 0 Å². The number of nitrogen functional groups attached to an aromatic ring is 1.